The molecule has 0 unspecified atom stereocenters. The van der Waals surface area contributed by atoms with Gasteiger partial charge in [-0.25, -0.2) is 0 Å². The Kier molecular flexibility index (Phi) is 5.45. The Morgan fingerprint density at radius 3 is 2.56 bits per heavy atom. The maximum Gasteiger partial charge on any atom is 0.261 e. The minimum absolute atomic E-state index is 0.0441. The Hall–Kier alpha value is -2.67. The molecule has 2 heterocycles. The van der Waals surface area contributed by atoms with Gasteiger partial charge in [0, 0.05) is 31.7 Å². The molecule has 0 aliphatic carbocycles. The highest BCUT2D eigenvalue weighted by Crippen LogP contribution is 2.24. The van der Waals surface area contributed by atoms with Gasteiger partial charge in [-0.2, -0.15) is 0 Å². The minimum Gasteiger partial charge on any atom is -0.354 e. The summed E-state index contributed by atoms with van der Waals surface area (Å²) in [7, 11) is 0. The number of carbonyl (C=O) groups is 3. The second-order valence-corrected chi connectivity index (χ2v) is 6.71. The van der Waals surface area contributed by atoms with Crippen molar-refractivity contribution in [1.82, 2.24) is 10.6 Å². The van der Waals surface area contributed by atoms with E-state index in [4.69, 9.17) is 0 Å². The first kappa shape index (κ1) is 17.2. The van der Waals surface area contributed by atoms with Crippen molar-refractivity contribution in [2.24, 2.45) is 5.92 Å². The van der Waals surface area contributed by atoms with Gasteiger partial charge in [0.2, 0.25) is 11.8 Å². The molecular weight excluding hydrogens is 338 g/mol. The lowest BCUT2D eigenvalue weighted by atomic mass is 10.1. The van der Waals surface area contributed by atoms with Gasteiger partial charge in [-0.05, 0) is 23.6 Å². The third kappa shape index (κ3) is 4.24. The number of hydrogen-bond donors (Lipinski definition) is 2. The number of benzene rings is 1. The number of carbonyl (C=O) groups excluding carboxylic acids is 3. The molecule has 1 aliphatic heterocycles. The summed E-state index contributed by atoms with van der Waals surface area (Å²) in [6, 6.07) is 12.9. The van der Waals surface area contributed by atoms with E-state index in [1.807, 2.05) is 41.8 Å². The van der Waals surface area contributed by atoms with Crippen LogP contribution >= 0.6 is 11.3 Å². The van der Waals surface area contributed by atoms with Crippen LogP contribution in [0.2, 0.25) is 0 Å². The van der Waals surface area contributed by atoms with E-state index in [0.29, 0.717) is 24.5 Å². The summed E-state index contributed by atoms with van der Waals surface area (Å²) in [5.41, 5.74) is 0.811. The Labute approximate surface area is 149 Å². The minimum atomic E-state index is -0.360. The van der Waals surface area contributed by atoms with Gasteiger partial charge in [-0.1, -0.05) is 24.3 Å². The molecule has 0 saturated carbocycles. The number of nitrogens with zero attached hydrogens (tertiary/aromatic N) is 1. The molecule has 1 atom stereocenters. The summed E-state index contributed by atoms with van der Waals surface area (Å²) < 4.78 is 0. The largest absolute Gasteiger partial charge is 0.354 e. The van der Waals surface area contributed by atoms with Crippen molar-refractivity contribution in [3.63, 3.8) is 0 Å². The molecule has 0 bridgehead atoms. The van der Waals surface area contributed by atoms with Gasteiger partial charge in [0.05, 0.1) is 10.8 Å². The van der Waals surface area contributed by atoms with E-state index in [9.17, 15) is 14.4 Å². The van der Waals surface area contributed by atoms with Crippen LogP contribution in [0.15, 0.2) is 47.8 Å². The van der Waals surface area contributed by atoms with Crippen molar-refractivity contribution in [2.45, 2.75) is 6.42 Å². The van der Waals surface area contributed by atoms with E-state index in [-0.39, 0.29) is 30.1 Å². The molecule has 0 spiro atoms. The van der Waals surface area contributed by atoms with Gasteiger partial charge in [-0.15, -0.1) is 11.3 Å². The van der Waals surface area contributed by atoms with Crippen molar-refractivity contribution in [3.8, 4) is 0 Å². The molecule has 1 saturated heterocycles. The zero-order valence-corrected chi connectivity index (χ0v) is 14.4. The second kappa shape index (κ2) is 7.94. The number of para-hydroxylation sites is 1. The molecule has 3 amide bonds. The normalized spacial score (nSPS) is 16.7. The van der Waals surface area contributed by atoms with Crippen LogP contribution in [-0.2, 0) is 9.59 Å². The molecule has 1 aromatic heterocycles. The monoisotopic (exact) mass is 357 g/mol. The SMILES string of the molecule is O=C(NCCNC(=O)[C@H]1CC(=O)N(c2ccccc2)C1)c1cccs1. The molecule has 1 aliphatic rings. The Bertz CT molecular complexity index is 746. The predicted molar refractivity (Wildman–Crippen MR) is 96.6 cm³/mol. The van der Waals surface area contributed by atoms with E-state index in [1.165, 1.54) is 11.3 Å². The van der Waals surface area contributed by atoms with E-state index in [2.05, 4.69) is 10.6 Å². The average Bonchev–Trinajstić information content (AvgIpc) is 3.29. The fourth-order valence-electron chi connectivity index (χ4n) is 2.74. The Balaban J connectivity index is 1.43. The third-order valence-electron chi connectivity index (χ3n) is 4.02. The highest BCUT2D eigenvalue weighted by Gasteiger charge is 2.34. The van der Waals surface area contributed by atoms with Crippen LogP contribution in [0.4, 0.5) is 5.69 Å². The number of nitrogens with one attached hydrogen (secondary N) is 2. The first-order valence-corrected chi connectivity index (χ1v) is 8.98. The summed E-state index contributed by atoms with van der Waals surface area (Å²) in [6.45, 7) is 1.08. The Morgan fingerprint density at radius 1 is 1.08 bits per heavy atom. The molecule has 3 rings (SSSR count). The highest BCUT2D eigenvalue weighted by molar-refractivity contribution is 7.12. The number of thiophene rings is 1. The fraction of sp³-hybridized carbons (Fsp3) is 0.278. The molecule has 130 valence electrons. The van der Waals surface area contributed by atoms with Gasteiger partial charge in [0.15, 0.2) is 0 Å². The lowest BCUT2D eigenvalue weighted by Crippen LogP contribution is -2.38. The molecule has 1 fully saturated rings. The van der Waals surface area contributed by atoms with E-state index in [1.54, 1.807) is 11.0 Å². The van der Waals surface area contributed by atoms with Crippen LogP contribution in [0.5, 0.6) is 0 Å². The van der Waals surface area contributed by atoms with Gasteiger partial charge in [-0.3, -0.25) is 14.4 Å². The number of hydrogen-bond acceptors (Lipinski definition) is 4. The first-order chi connectivity index (χ1) is 12.1. The van der Waals surface area contributed by atoms with Crippen LogP contribution in [0, 0.1) is 5.92 Å². The number of amides is 3. The molecule has 2 aromatic rings. The second-order valence-electron chi connectivity index (χ2n) is 5.77. The molecular formula is C18H19N3O3S. The van der Waals surface area contributed by atoms with Crippen molar-refractivity contribution < 1.29 is 14.4 Å². The topological polar surface area (TPSA) is 78.5 Å². The van der Waals surface area contributed by atoms with Gasteiger partial charge in [0.25, 0.3) is 5.91 Å². The average molecular weight is 357 g/mol. The first-order valence-electron chi connectivity index (χ1n) is 8.10. The van der Waals surface area contributed by atoms with Crippen molar-refractivity contribution >= 4 is 34.7 Å². The van der Waals surface area contributed by atoms with Crippen molar-refractivity contribution in [3.05, 3.63) is 52.7 Å². The summed E-state index contributed by atoms with van der Waals surface area (Å²) in [5.74, 6) is -0.703. The summed E-state index contributed by atoms with van der Waals surface area (Å²) >= 11 is 1.37. The summed E-state index contributed by atoms with van der Waals surface area (Å²) in [4.78, 5) is 38.4. The number of anilines is 1. The van der Waals surface area contributed by atoms with Crippen LogP contribution in [0.1, 0.15) is 16.1 Å². The van der Waals surface area contributed by atoms with E-state index >= 15 is 0 Å². The molecule has 1 aromatic carbocycles. The lowest BCUT2D eigenvalue weighted by Gasteiger charge is -2.16. The zero-order valence-electron chi connectivity index (χ0n) is 13.6. The van der Waals surface area contributed by atoms with Gasteiger partial charge < -0.3 is 15.5 Å². The van der Waals surface area contributed by atoms with Gasteiger partial charge >= 0.3 is 0 Å². The van der Waals surface area contributed by atoms with Crippen LogP contribution in [0.25, 0.3) is 0 Å². The van der Waals surface area contributed by atoms with Crippen molar-refractivity contribution in [1.29, 1.82) is 0 Å². The highest BCUT2D eigenvalue weighted by atomic mass is 32.1. The van der Waals surface area contributed by atoms with Gasteiger partial charge in [0.1, 0.15) is 0 Å². The maximum absolute atomic E-state index is 12.2. The summed E-state index contributed by atoms with van der Waals surface area (Å²) in [5, 5.41) is 7.38. The fourth-order valence-corrected chi connectivity index (χ4v) is 3.38. The summed E-state index contributed by atoms with van der Waals surface area (Å²) in [6.07, 6.45) is 0.211. The zero-order chi connectivity index (χ0) is 17.6. The van der Waals surface area contributed by atoms with Crippen molar-refractivity contribution in [2.75, 3.05) is 24.5 Å². The smallest absolute Gasteiger partial charge is 0.261 e. The molecule has 2 N–H and O–H groups in total. The standard InChI is InChI=1S/C18H19N3O3S/c22-16-11-13(12-21(16)14-5-2-1-3-6-14)17(23)19-8-9-20-18(24)15-7-4-10-25-15/h1-7,10,13H,8-9,11-12H2,(H,19,23)(H,20,24)/t13-/m0/s1. The maximum atomic E-state index is 12.2. The molecule has 0 radical (unpaired) electrons. The van der Waals surface area contributed by atoms with Crippen LogP contribution < -0.4 is 15.5 Å². The lowest BCUT2D eigenvalue weighted by molar-refractivity contribution is -0.126. The molecule has 7 heteroatoms. The van der Waals surface area contributed by atoms with Crippen LogP contribution in [0.3, 0.4) is 0 Å². The predicted octanol–water partition coefficient (Wildman–Crippen LogP) is 1.65. The molecule has 25 heavy (non-hydrogen) atoms. The molecule has 6 nitrogen and oxygen atoms in total. The van der Waals surface area contributed by atoms with E-state index < -0.39 is 0 Å². The van der Waals surface area contributed by atoms with Crippen LogP contribution in [-0.4, -0.2) is 37.4 Å². The quantitative estimate of drug-likeness (QED) is 0.772. The Morgan fingerprint density at radius 2 is 1.84 bits per heavy atom. The third-order valence-corrected chi connectivity index (χ3v) is 4.89. The van der Waals surface area contributed by atoms with E-state index in [0.717, 1.165) is 5.69 Å². The number of rotatable bonds is 6.